The SMILES string of the molecule is N/C(=N\S(=O)(=O)c1cccc(C(F)(F)F)c1)N1CC(c2ccccc2)C(c2ccc(OCc3cccc(-c4nn[nH]n4)c3)cc2)=N1. The lowest BCUT2D eigenvalue weighted by atomic mass is 9.90. The van der Waals surface area contributed by atoms with Crippen LogP contribution in [0.25, 0.3) is 11.4 Å². The molecule has 2 heterocycles. The van der Waals surface area contributed by atoms with E-state index in [4.69, 9.17) is 10.5 Å². The van der Waals surface area contributed by atoms with E-state index < -0.39 is 32.6 Å². The van der Waals surface area contributed by atoms with E-state index in [1.54, 1.807) is 12.1 Å². The zero-order valence-electron chi connectivity index (χ0n) is 23.8. The van der Waals surface area contributed by atoms with Gasteiger partial charge in [0, 0.05) is 11.5 Å². The second-order valence-corrected chi connectivity index (χ2v) is 11.8. The third-order valence-electron chi connectivity index (χ3n) is 7.14. The summed E-state index contributed by atoms with van der Waals surface area (Å²) in [4.78, 5) is -0.634. The summed E-state index contributed by atoms with van der Waals surface area (Å²) >= 11 is 0. The maximum absolute atomic E-state index is 13.2. The number of nitrogens with one attached hydrogen (secondary N) is 1. The number of sulfonamides is 1. The summed E-state index contributed by atoms with van der Waals surface area (Å²) in [5.41, 5.74) is 8.92. The van der Waals surface area contributed by atoms with Gasteiger partial charge in [0.05, 0.1) is 22.7 Å². The molecule has 0 saturated carbocycles. The van der Waals surface area contributed by atoms with Gasteiger partial charge in [0.25, 0.3) is 10.0 Å². The number of aromatic nitrogens is 4. The van der Waals surface area contributed by atoms with Crippen molar-refractivity contribution >= 4 is 21.7 Å². The maximum Gasteiger partial charge on any atom is 0.416 e. The molecule has 0 amide bonds. The first-order valence-electron chi connectivity index (χ1n) is 13.8. The quantitative estimate of drug-likeness (QED) is 0.177. The van der Waals surface area contributed by atoms with Gasteiger partial charge in [-0.15, -0.1) is 14.6 Å². The second-order valence-electron chi connectivity index (χ2n) is 10.2. The predicted octanol–water partition coefficient (Wildman–Crippen LogP) is 4.97. The zero-order chi connectivity index (χ0) is 32.3. The minimum atomic E-state index is -4.72. The van der Waals surface area contributed by atoms with Crippen LogP contribution in [-0.2, 0) is 22.8 Å². The molecular weight excluding hydrogens is 621 g/mol. The Bertz CT molecular complexity index is 2000. The number of nitrogens with zero attached hydrogens (tertiary/aromatic N) is 6. The summed E-state index contributed by atoms with van der Waals surface area (Å²) in [5.74, 6) is 0.292. The fourth-order valence-corrected chi connectivity index (χ4v) is 5.85. The Kier molecular flexibility index (Phi) is 8.23. The Balaban J connectivity index is 1.23. The number of aromatic amines is 1. The fraction of sp³-hybridized carbons (Fsp3) is 0.129. The Morgan fingerprint density at radius 3 is 2.43 bits per heavy atom. The van der Waals surface area contributed by atoms with Crippen LogP contribution in [0.2, 0.25) is 0 Å². The van der Waals surface area contributed by atoms with Crippen molar-refractivity contribution in [3.63, 3.8) is 0 Å². The molecule has 0 bridgehead atoms. The fourth-order valence-electron chi connectivity index (χ4n) is 4.88. The highest BCUT2D eigenvalue weighted by Crippen LogP contribution is 2.32. The predicted molar refractivity (Wildman–Crippen MR) is 163 cm³/mol. The number of alkyl halides is 3. The topological polar surface area (TPSA) is 152 Å². The van der Waals surface area contributed by atoms with E-state index in [9.17, 15) is 21.6 Å². The van der Waals surface area contributed by atoms with Crippen molar-refractivity contribution in [2.24, 2.45) is 15.2 Å². The Labute approximate surface area is 261 Å². The lowest BCUT2D eigenvalue weighted by Gasteiger charge is -2.16. The Hall–Kier alpha value is -5.57. The van der Waals surface area contributed by atoms with Crippen molar-refractivity contribution in [1.29, 1.82) is 0 Å². The van der Waals surface area contributed by atoms with Crippen LogP contribution in [0, 0.1) is 0 Å². The lowest BCUT2D eigenvalue weighted by molar-refractivity contribution is -0.137. The molecule has 46 heavy (non-hydrogen) atoms. The average Bonchev–Trinajstić information content (AvgIpc) is 3.76. The first-order valence-corrected chi connectivity index (χ1v) is 15.3. The van der Waals surface area contributed by atoms with E-state index in [0.29, 0.717) is 30.0 Å². The Morgan fingerprint density at radius 2 is 1.72 bits per heavy atom. The van der Waals surface area contributed by atoms with Gasteiger partial charge in [0.1, 0.15) is 12.4 Å². The van der Waals surface area contributed by atoms with Crippen LogP contribution >= 0.6 is 0 Å². The molecule has 0 saturated heterocycles. The highest BCUT2D eigenvalue weighted by molar-refractivity contribution is 7.90. The summed E-state index contributed by atoms with van der Waals surface area (Å²) in [6.07, 6.45) is -4.72. The normalized spacial score (nSPS) is 15.5. The third kappa shape index (κ3) is 6.73. The van der Waals surface area contributed by atoms with Gasteiger partial charge in [-0.2, -0.15) is 31.9 Å². The number of nitrogens with two attached hydrogens (primary N) is 1. The number of guanidine groups is 1. The molecule has 6 rings (SSSR count). The van der Waals surface area contributed by atoms with Gasteiger partial charge in [0.15, 0.2) is 0 Å². The molecule has 11 nitrogen and oxygen atoms in total. The van der Waals surface area contributed by atoms with E-state index in [1.165, 1.54) is 5.01 Å². The number of rotatable bonds is 8. The Morgan fingerprint density at radius 1 is 0.957 bits per heavy atom. The van der Waals surface area contributed by atoms with Gasteiger partial charge in [0.2, 0.25) is 11.8 Å². The number of hydrazone groups is 1. The highest BCUT2D eigenvalue weighted by atomic mass is 32.2. The van der Waals surface area contributed by atoms with Crippen molar-refractivity contribution in [1.82, 2.24) is 25.6 Å². The molecule has 15 heteroatoms. The molecule has 0 spiro atoms. The van der Waals surface area contributed by atoms with Gasteiger partial charge in [-0.05, 0) is 70.4 Å². The van der Waals surface area contributed by atoms with Crippen LogP contribution in [0.5, 0.6) is 5.75 Å². The van der Waals surface area contributed by atoms with Crippen molar-refractivity contribution < 1.29 is 26.3 Å². The van der Waals surface area contributed by atoms with Crippen LogP contribution in [0.15, 0.2) is 118 Å². The summed E-state index contributed by atoms with van der Waals surface area (Å²) in [7, 11) is -4.57. The minimum Gasteiger partial charge on any atom is -0.489 e. The molecule has 3 N–H and O–H groups in total. The molecule has 1 aromatic heterocycles. The number of halogens is 3. The third-order valence-corrected chi connectivity index (χ3v) is 8.42. The van der Waals surface area contributed by atoms with Crippen LogP contribution in [0.4, 0.5) is 13.2 Å². The first-order chi connectivity index (χ1) is 22.1. The standard InChI is InChI=1S/C31H25F3N8O3S/c32-31(33,34)24-10-5-11-26(17-24)46(43,44)39-30(35)42-18-27(21-7-2-1-3-8-21)28(38-42)22-12-14-25(15-13-22)45-19-20-6-4-9-23(16-20)29-36-40-41-37-29/h1-17,27H,18-19H2,(H2,35,39)(H,36,37,40,41). The molecular formula is C31H25F3N8O3S. The van der Waals surface area contributed by atoms with E-state index in [0.717, 1.165) is 40.5 Å². The number of H-pyrrole nitrogens is 1. The number of benzene rings is 4. The maximum atomic E-state index is 13.2. The van der Waals surface area contributed by atoms with Crippen molar-refractivity contribution in [2.45, 2.75) is 23.6 Å². The molecule has 1 aliphatic heterocycles. The summed E-state index contributed by atoms with van der Waals surface area (Å²) in [6.45, 7) is 0.446. The van der Waals surface area contributed by atoms with Crippen LogP contribution < -0.4 is 10.5 Å². The lowest BCUT2D eigenvalue weighted by Crippen LogP contribution is -2.33. The number of tetrazole rings is 1. The van der Waals surface area contributed by atoms with Gasteiger partial charge in [-0.25, -0.2) is 5.01 Å². The number of ether oxygens (including phenoxy) is 1. The van der Waals surface area contributed by atoms with E-state index >= 15 is 0 Å². The smallest absolute Gasteiger partial charge is 0.416 e. The molecule has 1 unspecified atom stereocenters. The average molecular weight is 647 g/mol. The monoisotopic (exact) mass is 646 g/mol. The van der Waals surface area contributed by atoms with E-state index in [-0.39, 0.29) is 12.5 Å². The number of hydrogen-bond donors (Lipinski definition) is 2. The van der Waals surface area contributed by atoms with E-state index in [2.05, 4.69) is 30.1 Å². The highest BCUT2D eigenvalue weighted by Gasteiger charge is 2.33. The van der Waals surface area contributed by atoms with Crippen molar-refractivity contribution in [3.8, 4) is 17.1 Å². The molecule has 0 fully saturated rings. The van der Waals surface area contributed by atoms with E-state index in [1.807, 2.05) is 66.7 Å². The largest absolute Gasteiger partial charge is 0.489 e. The van der Waals surface area contributed by atoms with Gasteiger partial charge in [-0.1, -0.05) is 54.6 Å². The molecule has 1 atom stereocenters. The second kappa shape index (κ2) is 12.4. The summed E-state index contributed by atoms with van der Waals surface area (Å²) in [5, 5.41) is 19.8. The molecule has 0 aliphatic carbocycles. The zero-order valence-corrected chi connectivity index (χ0v) is 24.7. The van der Waals surface area contributed by atoms with Crippen LogP contribution in [0.3, 0.4) is 0 Å². The molecule has 0 radical (unpaired) electrons. The molecule has 234 valence electrons. The molecule has 5 aromatic rings. The molecule has 1 aliphatic rings. The van der Waals surface area contributed by atoms with Gasteiger partial charge < -0.3 is 10.5 Å². The van der Waals surface area contributed by atoms with Gasteiger partial charge >= 0.3 is 6.18 Å². The molecule has 4 aromatic carbocycles. The first kappa shape index (κ1) is 30.5. The van der Waals surface area contributed by atoms with Crippen LogP contribution in [0.1, 0.15) is 28.2 Å². The van der Waals surface area contributed by atoms with Crippen LogP contribution in [-0.4, -0.2) is 52.3 Å². The van der Waals surface area contributed by atoms with Crippen molar-refractivity contribution in [2.75, 3.05) is 6.54 Å². The summed E-state index contributed by atoms with van der Waals surface area (Å²) in [6, 6.07) is 27.6. The van der Waals surface area contributed by atoms with Crippen molar-refractivity contribution in [3.05, 3.63) is 125 Å². The number of hydrogen-bond acceptors (Lipinski definition) is 7. The minimum absolute atomic E-state index is 0.155. The summed E-state index contributed by atoms with van der Waals surface area (Å²) < 4.78 is 75.0. The van der Waals surface area contributed by atoms with Gasteiger partial charge in [-0.3, -0.25) is 0 Å².